The molecule has 2 nitrogen and oxygen atoms in total. The summed E-state index contributed by atoms with van der Waals surface area (Å²) in [6, 6.07) is 0. The van der Waals surface area contributed by atoms with Crippen molar-refractivity contribution in [1.29, 1.82) is 0 Å². The quantitative estimate of drug-likeness (QED) is 0.189. The van der Waals surface area contributed by atoms with E-state index in [1.807, 2.05) is 6.92 Å². The number of hydrogen-bond acceptors (Lipinski definition) is 2. The number of hydrogen-bond donors (Lipinski definition) is 0. The lowest BCUT2D eigenvalue weighted by molar-refractivity contribution is -0.143. The van der Waals surface area contributed by atoms with Crippen molar-refractivity contribution in [1.82, 2.24) is 0 Å². The summed E-state index contributed by atoms with van der Waals surface area (Å²) in [4.78, 5) is 11.2. The molecule has 0 N–H and O–H groups in total. The van der Waals surface area contributed by atoms with Crippen molar-refractivity contribution in [3.05, 3.63) is 48.6 Å². The summed E-state index contributed by atoms with van der Waals surface area (Å²) in [7, 11) is 0. The molecular formula is C22H36O2. The summed E-state index contributed by atoms with van der Waals surface area (Å²) < 4.78 is 4.91. The fraction of sp³-hybridized carbons (Fsp3) is 0.591. The molecule has 0 atom stereocenters. The second-order valence-corrected chi connectivity index (χ2v) is 5.76. The van der Waals surface area contributed by atoms with Crippen molar-refractivity contribution in [2.75, 3.05) is 6.61 Å². The summed E-state index contributed by atoms with van der Waals surface area (Å²) in [5.41, 5.74) is 0. The van der Waals surface area contributed by atoms with Gasteiger partial charge in [0.15, 0.2) is 0 Å². The highest BCUT2D eigenvalue weighted by Crippen LogP contribution is 2.07. The van der Waals surface area contributed by atoms with E-state index in [1.165, 1.54) is 12.8 Å². The van der Waals surface area contributed by atoms with Gasteiger partial charge in [-0.15, -0.1) is 0 Å². The van der Waals surface area contributed by atoms with Gasteiger partial charge >= 0.3 is 5.97 Å². The Morgan fingerprint density at radius 2 is 1.25 bits per heavy atom. The number of rotatable bonds is 15. The first kappa shape index (κ1) is 22.4. The van der Waals surface area contributed by atoms with E-state index in [9.17, 15) is 4.79 Å². The van der Waals surface area contributed by atoms with Gasteiger partial charge in [-0.1, -0.05) is 68.4 Å². The van der Waals surface area contributed by atoms with E-state index in [0.717, 1.165) is 44.9 Å². The van der Waals surface area contributed by atoms with Gasteiger partial charge in [0.1, 0.15) is 0 Å². The minimum atomic E-state index is -0.0588. The maximum atomic E-state index is 11.2. The average Bonchev–Trinajstić information content (AvgIpc) is 2.58. The third kappa shape index (κ3) is 18.5. The molecule has 0 aromatic rings. The first-order valence-electron chi connectivity index (χ1n) is 9.56. The van der Waals surface area contributed by atoms with Gasteiger partial charge in [0.05, 0.1) is 6.61 Å². The molecule has 0 aliphatic carbocycles. The highest BCUT2D eigenvalue weighted by molar-refractivity contribution is 5.69. The Bertz CT molecular complexity index is 389. The molecular weight excluding hydrogens is 296 g/mol. The van der Waals surface area contributed by atoms with Crippen molar-refractivity contribution >= 4 is 5.97 Å². The lowest BCUT2D eigenvalue weighted by Crippen LogP contribution is -2.02. The molecule has 0 unspecified atom stereocenters. The number of unbranched alkanes of at least 4 members (excludes halogenated alkanes) is 4. The van der Waals surface area contributed by atoms with Gasteiger partial charge in [0, 0.05) is 6.42 Å². The maximum Gasteiger partial charge on any atom is 0.305 e. The highest BCUT2D eigenvalue weighted by atomic mass is 16.5. The largest absolute Gasteiger partial charge is 0.466 e. The molecule has 0 fully saturated rings. The predicted octanol–water partition coefficient (Wildman–Crippen LogP) is 6.70. The molecule has 0 bridgehead atoms. The lowest BCUT2D eigenvalue weighted by atomic mass is 10.1. The molecule has 136 valence electrons. The van der Waals surface area contributed by atoms with Crippen molar-refractivity contribution in [3.63, 3.8) is 0 Å². The molecule has 0 aromatic carbocycles. The molecule has 0 saturated carbocycles. The second kappa shape index (κ2) is 19.5. The van der Waals surface area contributed by atoms with Gasteiger partial charge < -0.3 is 4.74 Å². The van der Waals surface area contributed by atoms with E-state index < -0.39 is 0 Å². The maximum absolute atomic E-state index is 11.2. The van der Waals surface area contributed by atoms with E-state index in [4.69, 9.17) is 4.74 Å². The first-order valence-corrected chi connectivity index (χ1v) is 9.56. The van der Waals surface area contributed by atoms with Crippen molar-refractivity contribution in [2.24, 2.45) is 0 Å². The average molecular weight is 333 g/mol. The Kier molecular flexibility index (Phi) is 18.2. The van der Waals surface area contributed by atoms with Crippen LogP contribution >= 0.6 is 0 Å². The summed E-state index contributed by atoms with van der Waals surface area (Å²) in [6.45, 7) is 4.50. The van der Waals surface area contributed by atoms with Crippen LogP contribution in [0.25, 0.3) is 0 Å². The zero-order valence-corrected chi connectivity index (χ0v) is 15.7. The SMILES string of the molecule is CC/C=C\C/C=C\C/C=C\C/C=C\CCCCCCC(=O)OCC. The summed E-state index contributed by atoms with van der Waals surface area (Å²) >= 11 is 0. The fourth-order valence-corrected chi connectivity index (χ4v) is 2.22. The number of allylic oxidation sites excluding steroid dienone is 8. The minimum absolute atomic E-state index is 0.0588. The molecule has 24 heavy (non-hydrogen) atoms. The Balaban J connectivity index is 3.36. The van der Waals surface area contributed by atoms with Crippen LogP contribution in [0.5, 0.6) is 0 Å². The molecule has 0 spiro atoms. The van der Waals surface area contributed by atoms with Crippen LogP contribution in [0.1, 0.15) is 78.1 Å². The number of esters is 1. The van der Waals surface area contributed by atoms with Crippen molar-refractivity contribution < 1.29 is 9.53 Å². The van der Waals surface area contributed by atoms with Crippen molar-refractivity contribution in [3.8, 4) is 0 Å². The van der Waals surface area contributed by atoms with E-state index in [1.54, 1.807) is 0 Å². The highest BCUT2D eigenvalue weighted by Gasteiger charge is 1.99. The second-order valence-electron chi connectivity index (χ2n) is 5.76. The Morgan fingerprint density at radius 3 is 1.83 bits per heavy atom. The first-order chi connectivity index (χ1) is 11.8. The number of carbonyl (C=O) groups is 1. The van der Waals surface area contributed by atoms with Crippen LogP contribution in [-0.2, 0) is 9.53 Å². The van der Waals surface area contributed by atoms with Gasteiger partial charge in [-0.25, -0.2) is 0 Å². The molecule has 0 aliphatic rings. The zero-order chi connectivity index (χ0) is 17.7. The molecule has 0 radical (unpaired) electrons. The third-order valence-electron chi connectivity index (χ3n) is 3.53. The predicted molar refractivity (Wildman–Crippen MR) is 105 cm³/mol. The van der Waals surface area contributed by atoms with Gasteiger partial charge in [0.25, 0.3) is 0 Å². The minimum Gasteiger partial charge on any atom is -0.466 e. The van der Waals surface area contributed by atoms with E-state index in [2.05, 4.69) is 55.5 Å². The Labute approximate surface area is 149 Å². The van der Waals surface area contributed by atoms with Crippen LogP contribution in [0, 0.1) is 0 Å². The molecule has 0 amide bonds. The van der Waals surface area contributed by atoms with Crippen LogP contribution in [0.3, 0.4) is 0 Å². The van der Waals surface area contributed by atoms with Crippen LogP contribution in [0.4, 0.5) is 0 Å². The zero-order valence-electron chi connectivity index (χ0n) is 15.7. The summed E-state index contributed by atoms with van der Waals surface area (Å²) in [6.07, 6.45) is 28.2. The summed E-state index contributed by atoms with van der Waals surface area (Å²) in [5.74, 6) is -0.0588. The molecule has 0 rings (SSSR count). The van der Waals surface area contributed by atoms with Gasteiger partial charge in [-0.2, -0.15) is 0 Å². The monoisotopic (exact) mass is 332 g/mol. The van der Waals surface area contributed by atoms with Crippen LogP contribution in [-0.4, -0.2) is 12.6 Å². The number of carbonyl (C=O) groups excluding carboxylic acids is 1. The molecule has 0 saturated heterocycles. The Hall–Kier alpha value is -1.57. The van der Waals surface area contributed by atoms with E-state index >= 15 is 0 Å². The van der Waals surface area contributed by atoms with Gasteiger partial charge in [-0.3, -0.25) is 4.79 Å². The molecule has 0 aliphatic heterocycles. The normalized spacial score (nSPS) is 12.2. The lowest BCUT2D eigenvalue weighted by Gasteiger charge is -2.01. The third-order valence-corrected chi connectivity index (χ3v) is 3.53. The molecule has 0 heterocycles. The Morgan fingerprint density at radius 1 is 0.708 bits per heavy atom. The van der Waals surface area contributed by atoms with Crippen molar-refractivity contribution in [2.45, 2.75) is 78.1 Å². The standard InChI is InChI=1S/C22H36O2/c1-3-5-6-7-8-9-10-11-12-13-14-15-16-17-18-19-20-21-22(23)24-4-2/h5-6,8-9,11-12,14-15H,3-4,7,10,13,16-21H2,1-2H3/b6-5-,9-8-,12-11-,15-14-. The topological polar surface area (TPSA) is 26.3 Å². The molecule has 2 heteroatoms. The van der Waals surface area contributed by atoms with Gasteiger partial charge in [0.2, 0.25) is 0 Å². The number of ether oxygens (including phenoxy) is 1. The summed E-state index contributed by atoms with van der Waals surface area (Å²) in [5, 5.41) is 0. The van der Waals surface area contributed by atoms with Crippen LogP contribution in [0.15, 0.2) is 48.6 Å². The van der Waals surface area contributed by atoms with E-state index in [-0.39, 0.29) is 5.97 Å². The van der Waals surface area contributed by atoms with Gasteiger partial charge in [-0.05, 0) is 51.9 Å². The van der Waals surface area contributed by atoms with E-state index in [0.29, 0.717) is 13.0 Å². The van der Waals surface area contributed by atoms with Crippen LogP contribution in [0.2, 0.25) is 0 Å². The van der Waals surface area contributed by atoms with Crippen LogP contribution < -0.4 is 0 Å². The smallest absolute Gasteiger partial charge is 0.305 e. The molecule has 0 aromatic heterocycles. The fourth-order valence-electron chi connectivity index (χ4n) is 2.22.